The number of hydrogen-bond acceptors (Lipinski definition) is 10. The molecular formula is C29H36N8O3. The quantitative estimate of drug-likeness (QED) is 0.274. The van der Waals surface area contributed by atoms with Crippen LogP contribution in [0.3, 0.4) is 0 Å². The molecule has 1 saturated heterocycles. The molecular weight excluding hydrogens is 508 g/mol. The van der Waals surface area contributed by atoms with Crippen LogP contribution in [-0.2, 0) is 13.6 Å². The summed E-state index contributed by atoms with van der Waals surface area (Å²) in [5.41, 5.74) is 3.58. The Bertz CT molecular complexity index is 1420. The smallest absolute Gasteiger partial charge is 0.220 e. The lowest BCUT2D eigenvalue weighted by atomic mass is 10.0. The molecule has 0 radical (unpaired) electrons. The molecule has 0 spiro atoms. The van der Waals surface area contributed by atoms with Crippen LogP contribution in [0, 0.1) is 0 Å². The third-order valence-electron chi connectivity index (χ3n) is 7.06. The number of aromatic hydroxyl groups is 1. The first kappa shape index (κ1) is 27.5. The molecule has 0 amide bonds. The summed E-state index contributed by atoms with van der Waals surface area (Å²) in [5, 5.41) is 26.9. The van der Waals surface area contributed by atoms with Crippen molar-refractivity contribution in [3.63, 3.8) is 0 Å². The molecule has 1 aliphatic heterocycles. The molecule has 0 bridgehead atoms. The van der Waals surface area contributed by atoms with E-state index < -0.39 is 0 Å². The number of aromatic nitrogens is 5. The second-order valence-electron chi connectivity index (χ2n) is 10.2. The van der Waals surface area contributed by atoms with Gasteiger partial charge in [-0.1, -0.05) is 24.3 Å². The molecule has 0 aliphatic carbocycles. The van der Waals surface area contributed by atoms with Crippen molar-refractivity contribution in [1.29, 1.82) is 0 Å². The summed E-state index contributed by atoms with van der Waals surface area (Å²) in [6.07, 6.45) is 5.24. The van der Waals surface area contributed by atoms with Crippen molar-refractivity contribution < 1.29 is 14.9 Å². The van der Waals surface area contributed by atoms with Gasteiger partial charge in [-0.3, -0.25) is 4.90 Å². The summed E-state index contributed by atoms with van der Waals surface area (Å²) in [6, 6.07) is 12.1. The highest BCUT2D eigenvalue weighted by Crippen LogP contribution is 2.34. The predicted molar refractivity (Wildman–Crippen MR) is 153 cm³/mol. The number of pyridine rings is 1. The van der Waals surface area contributed by atoms with Gasteiger partial charge >= 0.3 is 0 Å². The number of rotatable bonds is 10. The molecule has 1 aliphatic rings. The first-order valence-corrected chi connectivity index (χ1v) is 13.5. The van der Waals surface area contributed by atoms with Crippen molar-refractivity contribution >= 4 is 11.6 Å². The predicted octanol–water partition coefficient (Wildman–Crippen LogP) is 3.29. The standard InChI is InChI=1S/C29H36N8O3/c1-20(9-15-38)40-25-16-27(33-26-8-10-30-28(34-26)24-18-32-36(3)29(24)39)31-17-23(25)22-6-4-21(5-7-22)19-37-13-11-35(2)12-14-37/h4-8,10,16-18,20,38-39H,9,11-15,19H2,1-3H3,(H,30,31,33,34). The van der Waals surface area contributed by atoms with E-state index in [2.05, 4.69) is 66.5 Å². The van der Waals surface area contributed by atoms with Crippen LogP contribution < -0.4 is 10.1 Å². The zero-order valence-corrected chi connectivity index (χ0v) is 23.2. The lowest BCUT2D eigenvalue weighted by molar-refractivity contribution is 0.148. The number of aryl methyl sites for hydroxylation is 1. The molecule has 1 atom stereocenters. The molecule has 4 aromatic rings. The summed E-state index contributed by atoms with van der Waals surface area (Å²) in [6.45, 7) is 7.26. The molecule has 1 unspecified atom stereocenters. The minimum absolute atomic E-state index is 0.0114. The van der Waals surface area contributed by atoms with Crippen LogP contribution in [0.15, 0.2) is 55.0 Å². The Kier molecular flexibility index (Phi) is 8.54. The topological polar surface area (TPSA) is 125 Å². The summed E-state index contributed by atoms with van der Waals surface area (Å²) < 4.78 is 7.62. The van der Waals surface area contributed by atoms with Gasteiger partial charge in [-0.05, 0) is 31.2 Å². The van der Waals surface area contributed by atoms with E-state index in [-0.39, 0.29) is 18.6 Å². The number of anilines is 2. The van der Waals surface area contributed by atoms with Crippen molar-refractivity contribution in [2.24, 2.45) is 7.05 Å². The minimum atomic E-state index is -0.185. The molecule has 11 nitrogen and oxygen atoms in total. The van der Waals surface area contributed by atoms with Crippen LogP contribution in [0.1, 0.15) is 18.9 Å². The number of likely N-dealkylation sites (N-methyl/N-ethyl adjacent to an activating group) is 1. The Balaban J connectivity index is 1.37. The zero-order chi connectivity index (χ0) is 28.1. The molecule has 1 fully saturated rings. The second kappa shape index (κ2) is 12.4. The molecule has 40 heavy (non-hydrogen) atoms. The average Bonchev–Trinajstić information content (AvgIpc) is 3.29. The van der Waals surface area contributed by atoms with Gasteiger partial charge in [0.25, 0.3) is 0 Å². The molecule has 4 heterocycles. The number of aliphatic hydroxyl groups is 1. The van der Waals surface area contributed by atoms with Gasteiger partial charge < -0.3 is 25.2 Å². The lowest BCUT2D eigenvalue weighted by Crippen LogP contribution is -2.43. The van der Waals surface area contributed by atoms with Gasteiger partial charge in [-0.15, -0.1) is 0 Å². The maximum Gasteiger partial charge on any atom is 0.220 e. The maximum atomic E-state index is 10.2. The van der Waals surface area contributed by atoms with Gasteiger partial charge in [0, 0.05) is 76.8 Å². The van der Waals surface area contributed by atoms with E-state index in [4.69, 9.17) is 4.74 Å². The van der Waals surface area contributed by atoms with Gasteiger partial charge in [0.1, 0.15) is 22.9 Å². The van der Waals surface area contributed by atoms with Crippen LogP contribution >= 0.6 is 0 Å². The molecule has 3 aromatic heterocycles. The van der Waals surface area contributed by atoms with Crippen LogP contribution in [0.4, 0.5) is 11.6 Å². The third-order valence-corrected chi connectivity index (χ3v) is 7.06. The number of piperazine rings is 1. The number of ether oxygens (including phenoxy) is 1. The summed E-state index contributed by atoms with van der Waals surface area (Å²) in [5.74, 6) is 2.04. The number of nitrogens with zero attached hydrogens (tertiary/aromatic N) is 7. The van der Waals surface area contributed by atoms with Crippen molar-refractivity contribution in [1.82, 2.24) is 34.5 Å². The summed E-state index contributed by atoms with van der Waals surface area (Å²) in [7, 11) is 3.81. The second-order valence-corrected chi connectivity index (χ2v) is 10.2. The van der Waals surface area contributed by atoms with Gasteiger partial charge in [-0.25, -0.2) is 19.6 Å². The first-order chi connectivity index (χ1) is 19.4. The van der Waals surface area contributed by atoms with E-state index >= 15 is 0 Å². The first-order valence-electron chi connectivity index (χ1n) is 13.5. The van der Waals surface area contributed by atoms with E-state index in [1.54, 1.807) is 25.5 Å². The molecule has 1 aromatic carbocycles. The number of benzene rings is 1. The van der Waals surface area contributed by atoms with Gasteiger partial charge in [0.05, 0.1) is 12.3 Å². The van der Waals surface area contributed by atoms with Crippen LogP contribution in [0.2, 0.25) is 0 Å². The minimum Gasteiger partial charge on any atom is -0.493 e. The third kappa shape index (κ3) is 6.56. The fourth-order valence-electron chi connectivity index (χ4n) is 4.61. The van der Waals surface area contributed by atoms with E-state index in [0.717, 1.165) is 43.9 Å². The monoisotopic (exact) mass is 544 g/mol. The number of hydrogen-bond donors (Lipinski definition) is 3. The fourth-order valence-corrected chi connectivity index (χ4v) is 4.61. The van der Waals surface area contributed by atoms with Gasteiger partial charge in [0.15, 0.2) is 5.82 Å². The molecule has 5 rings (SSSR count). The normalized spacial score (nSPS) is 15.2. The molecule has 11 heteroatoms. The Morgan fingerprint density at radius 1 is 0.975 bits per heavy atom. The zero-order valence-electron chi connectivity index (χ0n) is 23.2. The highest BCUT2D eigenvalue weighted by molar-refractivity contribution is 5.72. The van der Waals surface area contributed by atoms with Gasteiger partial charge in [-0.2, -0.15) is 5.10 Å². The Hall–Kier alpha value is -4.06. The number of aliphatic hydroxyl groups excluding tert-OH is 1. The SMILES string of the molecule is CC(CCO)Oc1cc(Nc2ccnc(-c3cnn(C)c3O)n2)ncc1-c1ccc(CN2CCN(C)CC2)cc1. The summed E-state index contributed by atoms with van der Waals surface area (Å²) >= 11 is 0. The van der Waals surface area contributed by atoms with Crippen molar-refractivity contribution in [2.75, 3.05) is 45.2 Å². The average molecular weight is 545 g/mol. The van der Waals surface area contributed by atoms with E-state index in [1.807, 2.05) is 13.0 Å². The van der Waals surface area contributed by atoms with E-state index in [1.165, 1.54) is 16.4 Å². The Labute approximate surface area is 234 Å². The Morgan fingerprint density at radius 2 is 1.75 bits per heavy atom. The number of nitrogens with one attached hydrogen (secondary N) is 1. The molecule has 0 saturated carbocycles. The molecule has 210 valence electrons. The van der Waals surface area contributed by atoms with Crippen LogP contribution in [-0.4, -0.2) is 90.7 Å². The lowest BCUT2D eigenvalue weighted by Gasteiger charge is -2.32. The van der Waals surface area contributed by atoms with Crippen molar-refractivity contribution in [2.45, 2.75) is 26.0 Å². The van der Waals surface area contributed by atoms with Crippen LogP contribution in [0.5, 0.6) is 11.6 Å². The van der Waals surface area contributed by atoms with E-state index in [9.17, 15) is 10.2 Å². The van der Waals surface area contributed by atoms with Crippen molar-refractivity contribution in [3.05, 3.63) is 60.6 Å². The molecule has 3 N–H and O–H groups in total. The van der Waals surface area contributed by atoms with E-state index in [0.29, 0.717) is 35.2 Å². The van der Waals surface area contributed by atoms with Crippen molar-refractivity contribution in [3.8, 4) is 34.1 Å². The highest BCUT2D eigenvalue weighted by Gasteiger charge is 2.17. The fraction of sp³-hybridized carbons (Fsp3) is 0.379. The maximum absolute atomic E-state index is 10.2. The van der Waals surface area contributed by atoms with Crippen LogP contribution in [0.25, 0.3) is 22.5 Å². The Morgan fingerprint density at radius 3 is 2.45 bits per heavy atom. The highest BCUT2D eigenvalue weighted by atomic mass is 16.5. The summed E-state index contributed by atoms with van der Waals surface area (Å²) in [4.78, 5) is 18.3. The van der Waals surface area contributed by atoms with Gasteiger partial charge in [0.2, 0.25) is 5.88 Å². The largest absolute Gasteiger partial charge is 0.493 e.